The Bertz CT molecular complexity index is 703. The van der Waals surface area contributed by atoms with Crippen LogP contribution in [0.4, 0.5) is 5.82 Å². The summed E-state index contributed by atoms with van der Waals surface area (Å²) in [7, 11) is 0. The van der Waals surface area contributed by atoms with Gasteiger partial charge in [0.25, 0.3) is 0 Å². The number of thiophene rings is 1. The summed E-state index contributed by atoms with van der Waals surface area (Å²) in [6.45, 7) is 2.13. The standard InChI is InChI=1S/C13H12N4OS/c1-2-10-6-11-12(14-8-15-13(11)19-10)17-16-7-9-4-3-5-18-9/h3-8H,2H2,1H3,(H,14,15,17)/b16-7+. The van der Waals surface area contributed by atoms with E-state index >= 15 is 0 Å². The van der Waals surface area contributed by atoms with Crippen LogP contribution in [0.1, 0.15) is 17.6 Å². The number of hydrazone groups is 1. The minimum absolute atomic E-state index is 0.692. The molecule has 0 aliphatic heterocycles. The van der Waals surface area contributed by atoms with Crippen LogP contribution in [0.3, 0.4) is 0 Å². The third-order valence-electron chi connectivity index (χ3n) is 2.63. The van der Waals surface area contributed by atoms with E-state index in [1.807, 2.05) is 12.1 Å². The number of aryl methyl sites for hydroxylation is 1. The fourth-order valence-corrected chi connectivity index (χ4v) is 2.63. The highest BCUT2D eigenvalue weighted by Crippen LogP contribution is 2.28. The van der Waals surface area contributed by atoms with Crippen LogP contribution in [0.5, 0.6) is 0 Å². The lowest BCUT2D eigenvalue weighted by atomic mass is 10.3. The van der Waals surface area contributed by atoms with Gasteiger partial charge < -0.3 is 4.42 Å². The van der Waals surface area contributed by atoms with Crippen LogP contribution in [-0.4, -0.2) is 16.2 Å². The van der Waals surface area contributed by atoms with Gasteiger partial charge in [-0.25, -0.2) is 9.97 Å². The predicted octanol–water partition coefficient (Wildman–Crippen LogP) is 3.29. The number of anilines is 1. The number of nitrogens with one attached hydrogen (secondary N) is 1. The van der Waals surface area contributed by atoms with Gasteiger partial charge in [-0.15, -0.1) is 11.3 Å². The van der Waals surface area contributed by atoms with E-state index in [9.17, 15) is 0 Å². The van der Waals surface area contributed by atoms with E-state index in [2.05, 4.69) is 33.5 Å². The van der Waals surface area contributed by atoms with Gasteiger partial charge in [-0.2, -0.15) is 5.10 Å². The van der Waals surface area contributed by atoms with Gasteiger partial charge in [0.1, 0.15) is 16.9 Å². The van der Waals surface area contributed by atoms with Gasteiger partial charge in [-0.3, -0.25) is 5.43 Å². The molecule has 6 heteroatoms. The van der Waals surface area contributed by atoms with Crippen LogP contribution in [-0.2, 0) is 6.42 Å². The summed E-state index contributed by atoms with van der Waals surface area (Å²) in [6.07, 6.45) is 5.76. The normalized spacial score (nSPS) is 11.4. The molecule has 0 saturated carbocycles. The predicted molar refractivity (Wildman–Crippen MR) is 76.7 cm³/mol. The third-order valence-corrected chi connectivity index (χ3v) is 3.82. The molecule has 0 bridgehead atoms. The second-order valence-electron chi connectivity index (χ2n) is 3.89. The Balaban J connectivity index is 1.86. The van der Waals surface area contributed by atoms with Crippen molar-refractivity contribution >= 4 is 33.6 Å². The average molecular weight is 272 g/mol. The molecule has 19 heavy (non-hydrogen) atoms. The smallest absolute Gasteiger partial charge is 0.158 e. The zero-order valence-corrected chi connectivity index (χ0v) is 11.1. The van der Waals surface area contributed by atoms with Crippen molar-refractivity contribution in [1.29, 1.82) is 0 Å². The summed E-state index contributed by atoms with van der Waals surface area (Å²) in [5, 5.41) is 5.12. The Morgan fingerprint density at radius 1 is 1.47 bits per heavy atom. The number of hydrogen-bond acceptors (Lipinski definition) is 6. The molecule has 0 spiro atoms. The minimum atomic E-state index is 0.692. The third kappa shape index (κ3) is 2.48. The molecule has 96 valence electrons. The SMILES string of the molecule is CCc1cc2c(N/N=C/c3ccco3)ncnc2s1. The fourth-order valence-electron chi connectivity index (χ4n) is 1.69. The Hall–Kier alpha value is -2.21. The highest BCUT2D eigenvalue weighted by molar-refractivity contribution is 7.18. The molecule has 0 saturated heterocycles. The fraction of sp³-hybridized carbons (Fsp3) is 0.154. The summed E-state index contributed by atoms with van der Waals surface area (Å²) < 4.78 is 5.16. The first kappa shape index (κ1) is 11.9. The van der Waals surface area contributed by atoms with Gasteiger partial charge in [-0.1, -0.05) is 6.92 Å². The molecule has 0 unspecified atom stereocenters. The van der Waals surface area contributed by atoms with Crippen molar-refractivity contribution in [2.45, 2.75) is 13.3 Å². The molecule has 3 aromatic rings. The van der Waals surface area contributed by atoms with Crippen molar-refractivity contribution < 1.29 is 4.42 Å². The summed E-state index contributed by atoms with van der Waals surface area (Å²) in [5.74, 6) is 1.40. The highest BCUT2D eigenvalue weighted by Gasteiger charge is 2.06. The molecule has 3 aromatic heterocycles. The molecular weight excluding hydrogens is 260 g/mol. The topological polar surface area (TPSA) is 63.3 Å². The Morgan fingerprint density at radius 2 is 2.42 bits per heavy atom. The van der Waals surface area contributed by atoms with Crippen molar-refractivity contribution in [2.24, 2.45) is 5.10 Å². The van der Waals surface area contributed by atoms with E-state index in [0.717, 1.165) is 16.6 Å². The van der Waals surface area contributed by atoms with E-state index < -0.39 is 0 Å². The van der Waals surface area contributed by atoms with Crippen LogP contribution in [0.15, 0.2) is 40.3 Å². The van der Waals surface area contributed by atoms with Gasteiger partial charge in [0.2, 0.25) is 0 Å². The lowest BCUT2D eigenvalue weighted by Crippen LogP contribution is -1.94. The molecule has 0 radical (unpaired) electrons. The minimum Gasteiger partial charge on any atom is -0.463 e. The van der Waals surface area contributed by atoms with Crippen molar-refractivity contribution in [3.8, 4) is 0 Å². The monoisotopic (exact) mass is 272 g/mol. The van der Waals surface area contributed by atoms with Crippen molar-refractivity contribution in [3.05, 3.63) is 41.4 Å². The lowest BCUT2D eigenvalue weighted by Gasteiger charge is -1.99. The number of nitrogens with zero attached hydrogens (tertiary/aromatic N) is 3. The molecule has 0 amide bonds. The summed E-state index contributed by atoms with van der Waals surface area (Å²) >= 11 is 1.68. The van der Waals surface area contributed by atoms with Gasteiger partial charge in [0.15, 0.2) is 5.82 Å². The largest absolute Gasteiger partial charge is 0.463 e. The molecule has 3 rings (SSSR count). The molecule has 0 aliphatic rings. The van der Waals surface area contributed by atoms with Crippen LogP contribution in [0.25, 0.3) is 10.2 Å². The Morgan fingerprint density at radius 3 is 3.21 bits per heavy atom. The first-order valence-corrected chi connectivity index (χ1v) is 6.74. The van der Waals surface area contributed by atoms with E-state index in [0.29, 0.717) is 11.6 Å². The molecule has 3 heterocycles. The Kier molecular flexibility index (Phi) is 3.24. The van der Waals surface area contributed by atoms with Crippen LogP contribution in [0, 0.1) is 0 Å². The van der Waals surface area contributed by atoms with Crippen molar-refractivity contribution in [2.75, 3.05) is 5.43 Å². The van der Waals surface area contributed by atoms with E-state index in [-0.39, 0.29) is 0 Å². The lowest BCUT2D eigenvalue weighted by molar-refractivity contribution is 0.560. The maximum atomic E-state index is 5.16. The molecule has 0 atom stereocenters. The summed E-state index contributed by atoms with van der Waals surface area (Å²) in [6, 6.07) is 5.75. The van der Waals surface area contributed by atoms with Crippen LogP contribution in [0.2, 0.25) is 0 Å². The maximum Gasteiger partial charge on any atom is 0.158 e. The molecule has 5 nitrogen and oxygen atoms in total. The number of hydrogen-bond donors (Lipinski definition) is 1. The van der Waals surface area contributed by atoms with E-state index in [4.69, 9.17) is 4.42 Å². The average Bonchev–Trinajstić information content (AvgIpc) is 3.07. The second kappa shape index (κ2) is 5.19. The molecule has 0 aliphatic carbocycles. The van der Waals surface area contributed by atoms with E-state index in [1.54, 1.807) is 30.1 Å². The number of aromatic nitrogens is 2. The Labute approximate surface area is 114 Å². The summed E-state index contributed by atoms with van der Waals surface area (Å²) in [4.78, 5) is 10.7. The number of rotatable bonds is 4. The van der Waals surface area contributed by atoms with Gasteiger partial charge >= 0.3 is 0 Å². The molecule has 1 N–H and O–H groups in total. The zero-order chi connectivity index (χ0) is 13.1. The van der Waals surface area contributed by atoms with Gasteiger partial charge in [-0.05, 0) is 24.6 Å². The number of furan rings is 1. The number of fused-ring (bicyclic) bond motifs is 1. The van der Waals surface area contributed by atoms with E-state index in [1.165, 1.54) is 4.88 Å². The molecule has 0 fully saturated rings. The zero-order valence-electron chi connectivity index (χ0n) is 10.3. The highest BCUT2D eigenvalue weighted by atomic mass is 32.1. The first-order chi connectivity index (χ1) is 9.36. The van der Waals surface area contributed by atoms with Crippen molar-refractivity contribution in [1.82, 2.24) is 9.97 Å². The maximum absolute atomic E-state index is 5.16. The van der Waals surface area contributed by atoms with Gasteiger partial charge in [0.05, 0.1) is 17.9 Å². The first-order valence-electron chi connectivity index (χ1n) is 5.93. The second-order valence-corrected chi connectivity index (χ2v) is 5.01. The quantitative estimate of drug-likeness (QED) is 0.584. The van der Waals surface area contributed by atoms with Crippen molar-refractivity contribution in [3.63, 3.8) is 0 Å². The molecular formula is C13H12N4OS. The molecule has 0 aromatic carbocycles. The van der Waals surface area contributed by atoms with Crippen LogP contribution >= 0.6 is 11.3 Å². The van der Waals surface area contributed by atoms with Gasteiger partial charge in [0, 0.05) is 4.88 Å². The van der Waals surface area contributed by atoms with Crippen LogP contribution < -0.4 is 5.43 Å². The summed E-state index contributed by atoms with van der Waals surface area (Å²) in [5.41, 5.74) is 2.93.